The molecule has 0 spiro atoms. The highest BCUT2D eigenvalue weighted by molar-refractivity contribution is 7.98. The predicted octanol–water partition coefficient (Wildman–Crippen LogP) is 4.59. The summed E-state index contributed by atoms with van der Waals surface area (Å²) in [5.41, 5.74) is 2.81. The molecule has 1 amide bonds. The monoisotopic (exact) mass is 478 g/mol. The fraction of sp³-hybridized carbons (Fsp3) is 0.481. The third kappa shape index (κ3) is 5.65. The molecule has 0 bridgehead atoms. The van der Waals surface area contributed by atoms with Crippen LogP contribution in [0.5, 0.6) is 0 Å². The zero-order valence-electron chi connectivity index (χ0n) is 20.1. The normalized spacial score (nSPS) is 22.4. The van der Waals surface area contributed by atoms with Crippen molar-refractivity contribution in [2.24, 2.45) is 5.92 Å². The number of nitrogens with zero attached hydrogens (tertiary/aromatic N) is 4. The van der Waals surface area contributed by atoms with Gasteiger partial charge in [0.05, 0.1) is 17.9 Å². The van der Waals surface area contributed by atoms with Crippen molar-refractivity contribution in [3.8, 4) is 0 Å². The van der Waals surface area contributed by atoms with E-state index < -0.39 is 0 Å². The van der Waals surface area contributed by atoms with Crippen molar-refractivity contribution < 1.29 is 9.53 Å². The molecule has 2 aromatic heterocycles. The van der Waals surface area contributed by atoms with Crippen LogP contribution in [-0.2, 0) is 10.5 Å². The Bertz CT molecular complexity index is 1060. The Labute approximate surface area is 206 Å². The average molecular weight is 479 g/mol. The van der Waals surface area contributed by atoms with Gasteiger partial charge >= 0.3 is 0 Å². The van der Waals surface area contributed by atoms with Gasteiger partial charge in [-0.15, -0.1) is 11.8 Å². The van der Waals surface area contributed by atoms with E-state index in [9.17, 15) is 4.79 Å². The van der Waals surface area contributed by atoms with E-state index in [1.54, 1.807) is 11.8 Å². The number of fused-ring (bicyclic) bond motifs is 1. The summed E-state index contributed by atoms with van der Waals surface area (Å²) in [6, 6.07) is 14.1. The van der Waals surface area contributed by atoms with E-state index in [1.165, 1.54) is 0 Å². The van der Waals surface area contributed by atoms with Crippen molar-refractivity contribution in [3.63, 3.8) is 0 Å². The largest absolute Gasteiger partial charge is 0.373 e. The molecule has 0 aliphatic carbocycles. The summed E-state index contributed by atoms with van der Waals surface area (Å²) in [4.78, 5) is 23.4. The molecule has 4 heterocycles. The number of likely N-dealkylation sites (tertiary alicyclic amines) is 1. The number of imidazole rings is 1. The summed E-state index contributed by atoms with van der Waals surface area (Å²) in [6.07, 6.45) is 6.88. The van der Waals surface area contributed by atoms with Gasteiger partial charge in [0.25, 0.3) is 5.91 Å². The van der Waals surface area contributed by atoms with E-state index in [4.69, 9.17) is 4.74 Å². The van der Waals surface area contributed by atoms with Gasteiger partial charge < -0.3 is 14.0 Å². The third-order valence-corrected chi connectivity index (χ3v) is 7.86. The molecule has 0 radical (unpaired) electrons. The van der Waals surface area contributed by atoms with E-state index in [2.05, 4.69) is 42.1 Å². The molecule has 34 heavy (non-hydrogen) atoms. The molecule has 2 atom stereocenters. The minimum absolute atomic E-state index is 0.156. The van der Waals surface area contributed by atoms with Gasteiger partial charge in [0, 0.05) is 61.3 Å². The van der Waals surface area contributed by atoms with Crippen LogP contribution < -0.4 is 0 Å². The number of thioether (sulfide) groups is 1. The summed E-state index contributed by atoms with van der Waals surface area (Å²) >= 11 is 1.75. The zero-order chi connectivity index (χ0) is 23.5. The maximum Gasteiger partial charge on any atom is 0.253 e. The Kier molecular flexibility index (Phi) is 7.23. The van der Waals surface area contributed by atoms with Crippen molar-refractivity contribution in [1.82, 2.24) is 19.2 Å². The summed E-state index contributed by atoms with van der Waals surface area (Å²) in [6.45, 7) is 9.18. The first-order chi connectivity index (χ1) is 16.5. The van der Waals surface area contributed by atoms with Gasteiger partial charge in [-0.3, -0.25) is 9.69 Å². The standard InChI is InChI=1S/C27H34N4O2S/c1-20-15-29(16-21(2)33-20)17-22-10-13-30(14-11-22)27(32)23-6-8-25(9-7-23)34-19-24-18-31-12-4-3-5-26(31)28-24/h3-9,12,18,20-22H,10-11,13-17,19H2,1-2H3. The van der Waals surface area contributed by atoms with Crippen LogP contribution in [0.25, 0.3) is 5.65 Å². The van der Waals surface area contributed by atoms with Crippen LogP contribution in [0.15, 0.2) is 59.8 Å². The number of carbonyl (C=O) groups excluding carboxylic acids is 1. The second-order valence-corrected chi connectivity index (χ2v) is 10.8. The molecule has 1 aromatic carbocycles. The molecule has 5 rings (SSSR count). The topological polar surface area (TPSA) is 50.1 Å². The van der Waals surface area contributed by atoms with E-state index >= 15 is 0 Å². The number of hydrogen-bond acceptors (Lipinski definition) is 5. The van der Waals surface area contributed by atoms with E-state index in [0.29, 0.717) is 18.1 Å². The third-order valence-electron chi connectivity index (χ3n) is 6.82. The van der Waals surface area contributed by atoms with Gasteiger partial charge in [0.2, 0.25) is 0 Å². The zero-order valence-corrected chi connectivity index (χ0v) is 20.9. The Morgan fingerprint density at radius 2 is 1.79 bits per heavy atom. The summed E-state index contributed by atoms with van der Waals surface area (Å²) in [5.74, 6) is 1.63. The molecule has 0 N–H and O–H groups in total. The molecule has 2 unspecified atom stereocenters. The molecule has 0 saturated carbocycles. The predicted molar refractivity (Wildman–Crippen MR) is 136 cm³/mol. The quantitative estimate of drug-likeness (QED) is 0.485. The van der Waals surface area contributed by atoms with Crippen LogP contribution in [0, 0.1) is 5.92 Å². The number of carbonyl (C=O) groups is 1. The second-order valence-electron chi connectivity index (χ2n) is 9.72. The van der Waals surface area contributed by atoms with E-state index in [0.717, 1.165) is 73.1 Å². The Morgan fingerprint density at radius 1 is 1.06 bits per heavy atom. The maximum atomic E-state index is 13.1. The van der Waals surface area contributed by atoms with Gasteiger partial charge in [-0.2, -0.15) is 0 Å². The summed E-state index contributed by atoms with van der Waals surface area (Å²) < 4.78 is 7.91. The highest BCUT2D eigenvalue weighted by Gasteiger charge is 2.28. The summed E-state index contributed by atoms with van der Waals surface area (Å²) in [5, 5.41) is 0. The SMILES string of the molecule is CC1CN(CC2CCN(C(=O)c3ccc(SCc4cn5ccccc5n4)cc3)CC2)CC(C)O1. The molecule has 3 aromatic rings. The smallest absolute Gasteiger partial charge is 0.253 e. The number of benzene rings is 1. The van der Waals surface area contributed by atoms with Crippen LogP contribution in [0.2, 0.25) is 0 Å². The van der Waals surface area contributed by atoms with Crippen molar-refractivity contribution >= 4 is 23.3 Å². The van der Waals surface area contributed by atoms with Crippen LogP contribution in [-0.4, -0.2) is 70.0 Å². The number of piperidine rings is 1. The first-order valence-corrected chi connectivity index (χ1v) is 13.3. The van der Waals surface area contributed by atoms with Crippen LogP contribution in [0.3, 0.4) is 0 Å². The van der Waals surface area contributed by atoms with Crippen LogP contribution in [0.1, 0.15) is 42.7 Å². The van der Waals surface area contributed by atoms with Gasteiger partial charge in [-0.05, 0) is 69.0 Å². The second kappa shape index (κ2) is 10.5. The number of morpholine rings is 1. The lowest BCUT2D eigenvalue weighted by Gasteiger charge is -2.39. The van der Waals surface area contributed by atoms with Gasteiger partial charge in [-0.25, -0.2) is 4.98 Å². The molecule has 6 nitrogen and oxygen atoms in total. The Morgan fingerprint density at radius 3 is 2.50 bits per heavy atom. The number of amides is 1. The van der Waals surface area contributed by atoms with Gasteiger partial charge in [0.1, 0.15) is 5.65 Å². The molecular weight excluding hydrogens is 444 g/mol. The minimum Gasteiger partial charge on any atom is -0.373 e. The number of pyridine rings is 1. The Balaban J connectivity index is 1.10. The molecule has 2 fully saturated rings. The molecule has 180 valence electrons. The highest BCUT2D eigenvalue weighted by atomic mass is 32.2. The molecule has 2 aliphatic heterocycles. The van der Waals surface area contributed by atoms with Crippen LogP contribution >= 0.6 is 11.8 Å². The fourth-order valence-electron chi connectivity index (χ4n) is 5.21. The average Bonchev–Trinajstić information content (AvgIpc) is 3.26. The molecule has 7 heteroatoms. The van der Waals surface area contributed by atoms with Crippen molar-refractivity contribution in [2.75, 3.05) is 32.7 Å². The van der Waals surface area contributed by atoms with Crippen molar-refractivity contribution in [3.05, 3.63) is 66.1 Å². The summed E-state index contributed by atoms with van der Waals surface area (Å²) in [7, 11) is 0. The highest BCUT2D eigenvalue weighted by Crippen LogP contribution is 2.25. The van der Waals surface area contributed by atoms with Crippen LogP contribution in [0.4, 0.5) is 0 Å². The molecule has 2 saturated heterocycles. The van der Waals surface area contributed by atoms with E-state index in [1.807, 2.05) is 45.8 Å². The first kappa shape index (κ1) is 23.4. The lowest BCUT2D eigenvalue weighted by atomic mass is 9.95. The number of hydrogen-bond donors (Lipinski definition) is 0. The Hall–Kier alpha value is -2.35. The van der Waals surface area contributed by atoms with Gasteiger partial charge in [-0.1, -0.05) is 6.07 Å². The lowest BCUT2D eigenvalue weighted by Crippen LogP contribution is -2.48. The molecular formula is C27H34N4O2S. The van der Waals surface area contributed by atoms with E-state index in [-0.39, 0.29) is 5.91 Å². The first-order valence-electron chi connectivity index (χ1n) is 12.4. The number of aromatic nitrogens is 2. The lowest BCUT2D eigenvalue weighted by molar-refractivity contribution is -0.0728. The van der Waals surface area contributed by atoms with Gasteiger partial charge in [0.15, 0.2) is 0 Å². The number of rotatable bonds is 6. The number of ether oxygens (including phenoxy) is 1. The molecule has 2 aliphatic rings. The fourth-order valence-corrected chi connectivity index (χ4v) is 5.99. The van der Waals surface area contributed by atoms with Crippen molar-refractivity contribution in [1.29, 1.82) is 0 Å². The maximum absolute atomic E-state index is 13.1. The van der Waals surface area contributed by atoms with Crippen molar-refractivity contribution in [2.45, 2.75) is 49.5 Å². The minimum atomic E-state index is 0.156.